The first-order valence-electron chi connectivity index (χ1n) is 6.31. The van der Waals surface area contributed by atoms with Crippen molar-refractivity contribution in [1.29, 1.82) is 0 Å². The molecule has 0 bridgehead atoms. The van der Waals surface area contributed by atoms with Crippen molar-refractivity contribution in [2.75, 3.05) is 6.54 Å². The van der Waals surface area contributed by atoms with E-state index in [-0.39, 0.29) is 5.82 Å². The summed E-state index contributed by atoms with van der Waals surface area (Å²) in [5.41, 5.74) is 1.77. The van der Waals surface area contributed by atoms with Crippen LogP contribution in [0.1, 0.15) is 18.2 Å². The number of hydrogen-bond donors (Lipinski definition) is 1. The van der Waals surface area contributed by atoms with Crippen LogP contribution in [0.4, 0.5) is 4.39 Å². The summed E-state index contributed by atoms with van der Waals surface area (Å²) in [5, 5.41) is 3.20. The summed E-state index contributed by atoms with van der Waals surface area (Å²) in [6.07, 6.45) is 1.69. The lowest BCUT2D eigenvalue weighted by Gasteiger charge is -2.07. The molecule has 4 heteroatoms. The van der Waals surface area contributed by atoms with E-state index in [2.05, 4.69) is 17.2 Å². The lowest BCUT2D eigenvalue weighted by Crippen LogP contribution is -2.12. The van der Waals surface area contributed by atoms with Gasteiger partial charge in [-0.05, 0) is 36.4 Å². The molecule has 0 aliphatic carbocycles. The van der Waals surface area contributed by atoms with Crippen LogP contribution in [0.15, 0.2) is 42.6 Å². The molecule has 0 amide bonds. The van der Waals surface area contributed by atoms with E-state index in [9.17, 15) is 4.39 Å². The quantitative estimate of drug-likeness (QED) is 0.867. The van der Waals surface area contributed by atoms with E-state index in [4.69, 9.17) is 4.74 Å². The van der Waals surface area contributed by atoms with Crippen molar-refractivity contribution in [3.05, 3.63) is 59.7 Å². The van der Waals surface area contributed by atoms with Gasteiger partial charge in [-0.3, -0.25) is 4.98 Å². The second kappa shape index (κ2) is 6.85. The molecule has 0 saturated carbocycles. The molecule has 0 aliphatic heterocycles. The van der Waals surface area contributed by atoms with Crippen LogP contribution in [-0.4, -0.2) is 11.5 Å². The Bertz CT molecular complexity index is 514. The van der Waals surface area contributed by atoms with E-state index < -0.39 is 0 Å². The van der Waals surface area contributed by atoms with Gasteiger partial charge in [-0.1, -0.05) is 19.1 Å². The Kier molecular flexibility index (Phi) is 4.86. The number of rotatable bonds is 6. The number of hydrogen-bond acceptors (Lipinski definition) is 3. The highest BCUT2D eigenvalue weighted by atomic mass is 19.1. The Morgan fingerprint density at radius 3 is 2.84 bits per heavy atom. The summed E-state index contributed by atoms with van der Waals surface area (Å²) >= 11 is 0. The number of nitrogens with one attached hydrogen (secondary N) is 1. The van der Waals surface area contributed by atoms with E-state index >= 15 is 0 Å². The smallest absolute Gasteiger partial charge is 0.138 e. The average molecular weight is 260 g/mol. The van der Waals surface area contributed by atoms with Crippen molar-refractivity contribution in [2.45, 2.75) is 20.1 Å². The fourth-order valence-corrected chi connectivity index (χ4v) is 1.65. The molecule has 19 heavy (non-hydrogen) atoms. The molecule has 1 aromatic heterocycles. The molecular formula is C15H17FN2O. The first-order valence-corrected chi connectivity index (χ1v) is 6.31. The minimum atomic E-state index is -0.250. The zero-order chi connectivity index (χ0) is 13.5. The summed E-state index contributed by atoms with van der Waals surface area (Å²) in [5.74, 6) is 0.435. The lowest BCUT2D eigenvalue weighted by atomic mass is 10.2. The maximum absolute atomic E-state index is 13.0. The van der Waals surface area contributed by atoms with Crippen LogP contribution in [0.25, 0.3) is 0 Å². The summed E-state index contributed by atoms with van der Waals surface area (Å²) in [7, 11) is 0. The Hall–Kier alpha value is -1.94. The topological polar surface area (TPSA) is 34.1 Å². The van der Waals surface area contributed by atoms with Gasteiger partial charge in [0.05, 0.1) is 11.9 Å². The molecule has 1 heterocycles. The van der Waals surface area contributed by atoms with E-state index in [0.29, 0.717) is 12.4 Å². The molecule has 2 aromatic rings. The highest BCUT2D eigenvalue weighted by Crippen LogP contribution is 2.12. The van der Waals surface area contributed by atoms with Gasteiger partial charge >= 0.3 is 0 Å². The molecule has 0 aliphatic rings. The van der Waals surface area contributed by atoms with E-state index in [1.807, 2.05) is 18.2 Å². The van der Waals surface area contributed by atoms with Gasteiger partial charge in [0.25, 0.3) is 0 Å². The fraction of sp³-hybridized carbons (Fsp3) is 0.267. The standard InChI is InChI=1S/C15H17FN2O/c1-2-17-9-14-6-7-15(10-18-14)19-11-12-4-3-5-13(16)8-12/h3-8,10,17H,2,9,11H2,1H3. The molecule has 2 rings (SSSR count). The number of aromatic nitrogens is 1. The molecule has 3 nitrogen and oxygen atoms in total. The van der Waals surface area contributed by atoms with Crippen LogP contribution in [0.3, 0.4) is 0 Å². The van der Waals surface area contributed by atoms with E-state index in [1.54, 1.807) is 12.3 Å². The summed E-state index contributed by atoms with van der Waals surface area (Å²) in [6.45, 7) is 4.06. The molecule has 0 unspecified atom stereocenters. The molecule has 0 radical (unpaired) electrons. The summed E-state index contributed by atoms with van der Waals surface area (Å²) < 4.78 is 18.5. The number of halogens is 1. The molecule has 0 atom stereocenters. The molecule has 1 N–H and O–H groups in total. The predicted octanol–water partition coefficient (Wildman–Crippen LogP) is 2.91. The van der Waals surface area contributed by atoms with Crippen LogP contribution in [-0.2, 0) is 13.2 Å². The number of pyridine rings is 1. The van der Waals surface area contributed by atoms with Crippen molar-refractivity contribution in [3.8, 4) is 5.75 Å². The highest BCUT2D eigenvalue weighted by Gasteiger charge is 1.99. The SMILES string of the molecule is CCNCc1ccc(OCc2cccc(F)c2)cn1. The highest BCUT2D eigenvalue weighted by molar-refractivity contribution is 5.21. The van der Waals surface area contributed by atoms with Crippen LogP contribution in [0.5, 0.6) is 5.75 Å². The molecule has 0 saturated heterocycles. The summed E-state index contributed by atoms with van der Waals surface area (Å²) in [4.78, 5) is 4.28. The van der Waals surface area contributed by atoms with Crippen molar-refractivity contribution < 1.29 is 9.13 Å². The van der Waals surface area contributed by atoms with Crippen molar-refractivity contribution in [2.24, 2.45) is 0 Å². The van der Waals surface area contributed by atoms with Crippen molar-refractivity contribution >= 4 is 0 Å². The van der Waals surface area contributed by atoms with Crippen molar-refractivity contribution in [3.63, 3.8) is 0 Å². The summed E-state index contributed by atoms with van der Waals surface area (Å²) in [6, 6.07) is 10.2. The number of ether oxygens (including phenoxy) is 1. The lowest BCUT2D eigenvalue weighted by molar-refractivity contribution is 0.304. The van der Waals surface area contributed by atoms with Gasteiger partial charge in [0, 0.05) is 6.54 Å². The Balaban J connectivity index is 1.89. The van der Waals surface area contributed by atoms with Gasteiger partial charge in [-0.25, -0.2) is 4.39 Å². The minimum Gasteiger partial charge on any atom is -0.487 e. The average Bonchev–Trinajstić information content (AvgIpc) is 2.44. The van der Waals surface area contributed by atoms with Gasteiger partial charge < -0.3 is 10.1 Å². The fourth-order valence-electron chi connectivity index (χ4n) is 1.65. The maximum Gasteiger partial charge on any atom is 0.138 e. The third-order valence-corrected chi connectivity index (χ3v) is 2.65. The largest absolute Gasteiger partial charge is 0.487 e. The van der Waals surface area contributed by atoms with Crippen LogP contribution in [0.2, 0.25) is 0 Å². The van der Waals surface area contributed by atoms with Gasteiger partial charge in [0.2, 0.25) is 0 Å². The molecule has 0 fully saturated rings. The Morgan fingerprint density at radius 1 is 1.26 bits per heavy atom. The molecule has 0 spiro atoms. The van der Waals surface area contributed by atoms with E-state index in [1.165, 1.54) is 12.1 Å². The molecule has 100 valence electrons. The van der Waals surface area contributed by atoms with Crippen molar-refractivity contribution in [1.82, 2.24) is 10.3 Å². The number of benzene rings is 1. The maximum atomic E-state index is 13.0. The van der Waals surface area contributed by atoms with Crippen LogP contribution >= 0.6 is 0 Å². The van der Waals surface area contributed by atoms with Crippen LogP contribution < -0.4 is 10.1 Å². The second-order valence-electron chi connectivity index (χ2n) is 4.18. The van der Waals surface area contributed by atoms with Gasteiger partial charge in [0.15, 0.2) is 0 Å². The monoisotopic (exact) mass is 260 g/mol. The Labute approximate surface area is 112 Å². The minimum absolute atomic E-state index is 0.250. The predicted molar refractivity (Wildman–Crippen MR) is 72.3 cm³/mol. The first kappa shape index (κ1) is 13.5. The zero-order valence-corrected chi connectivity index (χ0v) is 10.9. The Morgan fingerprint density at radius 2 is 2.16 bits per heavy atom. The second-order valence-corrected chi connectivity index (χ2v) is 4.18. The van der Waals surface area contributed by atoms with E-state index in [0.717, 1.165) is 24.3 Å². The molecule has 1 aromatic carbocycles. The third kappa shape index (κ3) is 4.34. The normalized spacial score (nSPS) is 10.4. The first-order chi connectivity index (χ1) is 9.28. The van der Waals surface area contributed by atoms with Gasteiger partial charge in [-0.2, -0.15) is 0 Å². The van der Waals surface area contributed by atoms with Gasteiger partial charge in [0.1, 0.15) is 18.2 Å². The zero-order valence-electron chi connectivity index (χ0n) is 10.9. The number of nitrogens with zero attached hydrogens (tertiary/aromatic N) is 1. The van der Waals surface area contributed by atoms with Gasteiger partial charge in [-0.15, -0.1) is 0 Å². The molecular weight excluding hydrogens is 243 g/mol. The van der Waals surface area contributed by atoms with Crippen LogP contribution in [0, 0.1) is 5.82 Å². The third-order valence-electron chi connectivity index (χ3n) is 2.65.